The van der Waals surface area contributed by atoms with Crippen molar-refractivity contribution in [3.63, 3.8) is 0 Å². The number of ether oxygens (including phenoxy) is 2. The normalized spacial score (nSPS) is 22.3. The minimum Gasteiger partial charge on any atom is -0.486 e. The standard InChI is InChI=1S/C30H28F5NO5S/c1-16-26(27(16)28(37)41-29(2,3)4)25-15-36(42(38,39)20-7-5-6-18(13-20)30(33,34)35)23-12-17(8-11-24(23)40-25)21-14-19(31)9-10-22(21)32/h5-14,16,25-27H,15H2,1-4H3/t16-,25?,26?,27?/m0/s1. The van der Waals surface area contributed by atoms with Gasteiger partial charge in [0.25, 0.3) is 10.0 Å². The second-order valence-electron chi connectivity index (χ2n) is 11.5. The summed E-state index contributed by atoms with van der Waals surface area (Å²) in [5, 5.41) is 0. The Morgan fingerprint density at radius 1 is 1.00 bits per heavy atom. The van der Waals surface area contributed by atoms with Crippen LogP contribution in [-0.4, -0.2) is 32.6 Å². The van der Waals surface area contributed by atoms with E-state index in [1.54, 1.807) is 27.7 Å². The third-order valence-corrected chi connectivity index (χ3v) is 9.17. The predicted octanol–water partition coefficient (Wildman–Crippen LogP) is 6.83. The van der Waals surface area contributed by atoms with Gasteiger partial charge in [-0.2, -0.15) is 13.2 Å². The quantitative estimate of drug-likeness (QED) is 0.234. The first-order chi connectivity index (χ1) is 19.5. The molecule has 1 fully saturated rings. The Balaban J connectivity index is 1.58. The monoisotopic (exact) mass is 609 g/mol. The molecule has 5 rings (SSSR count). The van der Waals surface area contributed by atoms with Crippen molar-refractivity contribution >= 4 is 21.7 Å². The molecule has 0 aromatic heterocycles. The highest BCUT2D eigenvalue weighted by molar-refractivity contribution is 7.92. The number of nitrogens with zero attached hydrogens (tertiary/aromatic N) is 1. The van der Waals surface area contributed by atoms with Gasteiger partial charge in [-0.25, -0.2) is 17.2 Å². The minimum atomic E-state index is -4.79. The van der Waals surface area contributed by atoms with Crippen LogP contribution in [-0.2, 0) is 25.7 Å². The molecule has 1 aliphatic carbocycles. The van der Waals surface area contributed by atoms with Gasteiger partial charge >= 0.3 is 12.1 Å². The van der Waals surface area contributed by atoms with Crippen LogP contribution in [0.2, 0.25) is 0 Å². The molecule has 42 heavy (non-hydrogen) atoms. The van der Waals surface area contributed by atoms with Crippen LogP contribution in [0.15, 0.2) is 65.6 Å². The van der Waals surface area contributed by atoms with Crippen molar-refractivity contribution in [1.29, 1.82) is 0 Å². The lowest BCUT2D eigenvalue weighted by molar-refractivity contribution is -0.157. The molecule has 0 amide bonds. The van der Waals surface area contributed by atoms with E-state index in [4.69, 9.17) is 9.47 Å². The molecule has 224 valence electrons. The summed E-state index contributed by atoms with van der Waals surface area (Å²) in [4.78, 5) is 12.2. The highest BCUT2D eigenvalue weighted by Crippen LogP contribution is 2.53. The molecule has 2 aliphatic rings. The van der Waals surface area contributed by atoms with Gasteiger partial charge in [0.05, 0.1) is 28.6 Å². The summed E-state index contributed by atoms with van der Waals surface area (Å²) >= 11 is 0. The van der Waals surface area contributed by atoms with E-state index in [0.29, 0.717) is 6.07 Å². The molecule has 3 unspecified atom stereocenters. The molecule has 0 bridgehead atoms. The van der Waals surface area contributed by atoms with E-state index >= 15 is 0 Å². The number of esters is 1. The third kappa shape index (κ3) is 5.68. The molecule has 3 aromatic rings. The summed E-state index contributed by atoms with van der Waals surface area (Å²) in [7, 11) is -4.63. The zero-order valence-corrected chi connectivity index (χ0v) is 23.9. The number of anilines is 1. The van der Waals surface area contributed by atoms with Gasteiger partial charge in [-0.15, -0.1) is 0 Å². The largest absolute Gasteiger partial charge is 0.486 e. The van der Waals surface area contributed by atoms with E-state index in [0.717, 1.165) is 40.7 Å². The van der Waals surface area contributed by atoms with Crippen molar-refractivity contribution in [3.05, 3.63) is 77.9 Å². The number of alkyl halides is 3. The lowest BCUT2D eigenvalue weighted by Gasteiger charge is -2.36. The first-order valence-electron chi connectivity index (χ1n) is 13.2. The molecule has 6 nitrogen and oxygen atoms in total. The number of hydrogen-bond acceptors (Lipinski definition) is 5. The zero-order valence-electron chi connectivity index (χ0n) is 23.1. The van der Waals surface area contributed by atoms with Gasteiger partial charge in [-0.1, -0.05) is 19.1 Å². The maximum absolute atomic E-state index is 14.6. The van der Waals surface area contributed by atoms with Gasteiger partial charge in [0.15, 0.2) is 0 Å². The van der Waals surface area contributed by atoms with E-state index in [-0.39, 0.29) is 35.0 Å². The average Bonchev–Trinajstić information content (AvgIpc) is 3.58. The Bertz CT molecular complexity index is 1650. The van der Waals surface area contributed by atoms with Crippen molar-refractivity contribution < 1.29 is 44.6 Å². The summed E-state index contributed by atoms with van der Waals surface area (Å²) in [6.45, 7) is 6.64. The summed E-state index contributed by atoms with van der Waals surface area (Å²) < 4.78 is 109. The second-order valence-corrected chi connectivity index (χ2v) is 13.4. The van der Waals surface area contributed by atoms with Crippen LogP contribution in [0.5, 0.6) is 5.75 Å². The van der Waals surface area contributed by atoms with Gasteiger partial charge in [-0.3, -0.25) is 9.10 Å². The van der Waals surface area contributed by atoms with Crippen LogP contribution < -0.4 is 9.04 Å². The van der Waals surface area contributed by atoms with E-state index in [1.807, 2.05) is 0 Å². The summed E-state index contributed by atoms with van der Waals surface area (Å²) in [5.41, 5.74) is -1.97. The number of fused-ring (bicyclic) bond motifs is 1. The van der Waals surface area contributed by atoms with E-state index < -0.39 is 67.8 Å². The summed E-state index contributed by atoms with van der Waals surface area (Å²) in [6, 6.07) is 10.3. The second kappa shape index (κ2) is 10.3. The molecule has 12 heteroatoms. The molecule has 4 atom stereocenters. The fourth-order valence-electron chi connectivity index (χ4n) is 5.35. The Labute approximate surface area is 240 Å². The number of halogens is 5. The highest BCUT2D eigenvalue weighted by Gasteiger charge is 2.59. The first kappa shape index (κ1) is 29.8. The molecule has 0 N–H and O–H groups in total. The molecule has 0 spiro atoms. The topological polar surface area (TPSA) is 72.9 Å². The maximum atomic E-state index is 14.6. The fourth-order valence-corrected chi connectivity index (χ4v) is 6.88. The van der Waals surface area contributed by atoms with Crippen molar-refractivity contribution in [2.24, 2.45) is 17.8 Å². The molecular formula is C30H28F5NO5S. The zero-order chi connectivity index (χ0) is 30.8. The first-order valence-corrected chi connectivity index (χ1v) is 14.6. The molecule has 0 radical (unpaired) electrons. The Morgan fingerprint density at radius 3 is 2.38 bits per heavy atom. The Hall–Kier alpha value is -3.67. The molecule has 0 saturated heterocycles. The number of rotatable bonds is 5. The number of sulfonamides is 1. The fraction of sp³-hybridized carbons (Fsp3) is 0.367. The van der Waals surface area contributed by atoms with E-state index in [1.165, 1.54) is 18.2 Å². The number of carbonyl (C=O) groups is 1. The Kier molecular flexibility index (Phi) is 7.28. The predicted molar refractivity (Wildman–Crippen MR) is 144 cm³/mol. The highest BCUT2D eigenvalue weighted by atomic mass is 32.2. The number of benzene rings is 3. The van der Waals surface area contributed by atoms with Crippen molar-refractivity contribution in [2.75, 3.05) is 10.8 Å². The third-order valence-electron chi connectivity index (χ3n) is 7.40. The van der Waals surface area contributed by atoms with Gasteiger partial charge in [0, 0.05) is 11.5 Å². The van der Waals surface area contributed by atoms with Crippen LogP contribution in [0.25, 0.3) is 11.1 Å². The average molecular weight is 610 g/mol. The van der Waals surface area contributed by atoms with Gasteiger partial charge in [-0.05, 0) is 80.8 Å². The summed E-state index contributed by atoms with van der Waals surface area (Å²) in [5.74, 6) is -3.11. The lowest BCUT2D eigenvalue weighted by atomic mass is 10.0. The lowest BCUT2D eigenvalue weighted by Crippen LogP contribution is -2.45. The maximum Gasteiger partial charge on any atom is 0.416 e. The summed E-state index contributed by atoms with van der Waals surface area (Å²) in [6.07, 6.45) is -5.63. The van der Waals surface area contributed by atoms with Crippen molar-refractivity contribution in [1.82, 2.24) is 0 Å². The smallest absolute Gasteiger partial charge is 0.416 e. The number of hydrogen-bond donors (Lipinski definition) is 0. The van der Waals surface area contributed by atoms with Crippen LogP contribution >= 0.6 is 0 Å². The molecule has 1 heterocycles. The van der Waals surface area contributed by atoms with Gasteiger partial charge in [0.2, 0.25) is 0 Å². The van der Waals surface area contributed by atoms with Crippen LogP contribution in [0.4, 0.5) is 27.6 Å². The van der Waals surface area contributed by atoms with Gasteiger partial charge in [0.1, 0.15) is 29.1 Å². The van der Waals surface area contributed by atoms with E-state index in [2.05, 4.69) is 0 Å². The van der Waals surface area contributed by atoms with Gasteiger partial charge < -0.3 is 9.47 Å². The minimum absolute atomic E-state index is 0.0596. The molecule has 1 saturated carbocycles. The van der Waals surface area contributed by atoms with Crippen molar-refractivity contribution in [3.8, 4) is 16.9 Å². The van der Waals surface area contributed by atoms with Crippen LogP contribution in [0.1, 0.15) is 33.3 Å². The van der Waals surface area contributed by atoms with E-state index in [9.17, 15) is 35.2 Å². The SMILES string of the molecule is C[C@@H]1C(C(=O)OC(C)(C)C)C1C1CN(S(=O)(=O)c2cccc(C(F)(F)F)c2)c2cc(-c3cc(F)ccc3F)ccc2O1. The van der Waals surface area contributed by atoms with Crippen LogP contribution in [0, 0.1) is 29.4 Å². The molecule has 3 aromatic carbocycles. The molecular weight excluding hydrogens is 581 g/mol. The van der Waals surface area contributed by atoms with Crippen molar-refractivity contribution in [2.45, 2.75) is 50.5 Å². The molecule has 1 aliphatic heterocycles. The van der Waals surface area contributed by atoms with Crippen LogP contribution in [0.3, 0.4) is 0 Å². The Morgan fingerprint density at radius 2 is 1.71 bits per heavy atom. The number of carbonyl (C=O) groups excluding carboxylic acids is 1.